The van der Waals surface area contributed by atoms with Gasteiger partial charge in [-0.1, -0.05) is 12.1 Å². The van der Waals surface area contributed by atoms with Crippen molar-refractivity contribution in [1.29, 1.82) is 0 Å². The molecule has 1 aromatic heterocycles. The number of ether oxygens (including phenoxy) is 1. The fourth-order valence-electron chi connectivity index (χ4n) is 1.83. The van der Waals surface area contributed by atoms with Crippen molar-refractivity contribution in [1.82, 2.24) is 4.98 Å². The number of carbonyl (C=O) groups is 1. The van der Waals surface area contributed by atoms with Crippen LogP contribution in [0.5, 0.6) is 0 Å². The number of carbonyl (C=O) groups excluding carboxylic acids is 1. The molecule has 0 unspecified atom stereocenters. The van der Waals surface area contributed by atoms with Gasteiger partial charge in [-0.15, -0.1) is 22.9 Å². The van der Waals surface area contributed by atoms with Crippen molar-refractivity contribution in [3.05, 3.63) is 35.3 Å². The fourth-order valence-corrected chi connectivity index (χ4v) is 2.88. The number of anilines is 1. The number of nitrogens with zero attached hydrogens (tertiary/aromatic N) is 1. The van der Waals surface area contributed by atoms with Crippen molar-refractivity contribution < 1.29 is 9.53 Å². The van der Waals surface area contributed by atoms with Crippen molar-refractivity contribution in [2.24, 2.45) is 0 Å². The minimum atomic E-state index is -0.00946. The Morgan fingerprint density at radius 1 is 1.48 bits per heavy atom. The molecule has 2 rings (SSSR count). The number of halogens is 1. The van der Waals surface area contributed by atoms with E-state index < -0.39 is 0 Å². The summed E-state index contributed by atoms with van der Waals surface area (Å²) < 4.78 is 4.93. The second-order valence-corrected chi connectivity index (χ2v) is 5.63. The van der Waals surface area contributed by atoms with Crippen LogP contribution in [0, 0.1) is 0 Å². The van der Waals surface area contributed by atoms with Gasteiger partial charge >= 0.3 is 0 Å². The van der Waals surface area contributed by atoms with Crippen molar-refractivity contribution >= 4 is 34.5 Å². The van der Waals surface area contributed by atoms with Crippen LogP contribution in [-0.4, -0.2) is 24.6 Å². The molecule has 1 amide bonds. The first-order valence-corrected chi connectivity index (χ1v) is 8.04. The molecule has 0 fully saturated rings. The Kier molecular flexibility index (Phi) is 6.17. The summed E-state index contributed by atoms with van der Waals surface area (Å²) in [7, 11) is 1.63. The second-order valence-electron chi connectivity index (χ2n) is 4.50. The fraction of sp³-hybridized carbons (Fsp3) is 0.333. The van der Waals surface area contributed by atoms with Crippen molar-refractivity contribution in [3.63, 3.8) is 0 Å². The van der Waals surface area contributed by atoms with Gasteiger partial charge in [-0.3, -0.25) is 4.79 Å². The average molecular weight is 325 g/mol. The first-order chi connectivity index (χ1) is 10.2. The Morgan fingerprint density at radius 2 is 2.33 bits per heavy atom. The summed E-state index contributed by atoms with van der Waals surface area (Å²) in [5.41, 5.74) is 2.62. The highest BCUT2D eigenvalue weighted by molar-refractivity contribution is 7.13. The lowest BCUT2D eigenvalue weighted by atomic mass is 10.2. The third-order valence-electron chi connectivity index (χ3n) is 2.83. The molecule has 1 aromatic carbocycles. The molecular formula is C15H17ClN2O2S. The number of hydrogen-bond donors (Lipinski definition) is 1. The van der Waals surface area contributed by atoms with E-state index >= 15 is 0 Å². The number of thiazole rings is 1. The zero-order chi connectivity index (χ0) is 15.1. The Bertz CT molecular complexity index is 601. The molecule has 0 aliphatic carbocycles. The molecule has 6 heteroatoms. The largest absolute Gasteiger partial charge is 0.385 e. The van der Waals surface area contributed by atoms with E-state index in [1.807, 2.05) is 29.6 Å². The third-order valence-corrected chi connectivity index (χ3v) is 4.05. The van der Waals surface area contributed by atoms with Crippen LogP contribution < -0.4 is 5.32 Å². The highest BCUT2D eigenvalue weighted by Gasteiger charge is 2.07. The smallest absolute Gasteiger partial charge is 0.224 e. The minimum absolute atomic E-state index is 0.00946. The molecule has 0 bridgehead atoms. The average Bonchev–Trinajstić information content (AvgIpc) is 2.97. The number of nitrogens with one attached hydrogen (secondary N) is 1. The van der Waals surface area contributed by atoms with Gasteiger partial charge in [0, 0.05) is 36.8 Å². The summed E-state index contributed by atoms with van der Waals surface area (Å²) in [6.45, 7) is 0.591. The molecule has 21 heavy (non-hydrogen) atoms. The number of aromatic nitrogens is 1. The van der Waals surface area contributed by atoms with Gasteiger partial charge in [0.25, 0.3) is 0 Å². The first-order valence-electron chi connectivity index (χ1n) is 6.62. The second kappa shape index (κ2) is 8.12. The van der Waals surface area contributed by atoms with Crippen LogP contribution in [0.3, 0.4) is 0 Å². The summed E-state index contributed by atoms with van der Waals surface area (Å²) >= 11 is 7.31. The zero-order valence-electron chi connectivity index (χ0n) is 11.8. The van der Waals surface area contributed by atoms with Crippen molar-refractivity contribution in [3.8, 4) is 10.6 Å². The summed E-state index contributed by atoms with van der Waals surface area (Å²) in [5.74, 6) is 0.400. The molecule has 0 radical (unpaired) electrons. The van der Waals surface area contributed by atoms with Crippen LogP contribution in [0.2, 0.25) is 0 Å². The van der Waals surface area contributed by atoms with E-state index in [0.717, 1.165) is 22.0 Å². The maximum Gasteiger partial charge on any atom is 0.224 e. The van der Waals surface area contributed by atoms with Gasteiger partial charge in [-0.2, -0.15) is 0 Å². The number of benzene rings is 1. The molecule has 0 spiro atoms. The van der Waals surface area contributed by atoms with E-state index in [1.54, 1.807) is 18.4 Å². The van der Waals surface area contributed by atoms with E-state index in [0.29, 0.717) is 25.3 Å². The van der Waals surface area contributed by atoms with E-state index in [4.69, 9.17) is 16.3 Å². The number of alkyl halides is 1. The molecule has 4 nitrogen and oxygen atoms in total. The highest BCUT2D eigenvalue weighted by atomic mass is 35.5. The van der Waals surface area contributed by atoms with Crippen LogP contribution >= 0.6 is 22.9 Å². The van der Waals surface area contributed by atoms with E-state index in [9.17, 15) is 4.79 Å². The lowest BCUT2D eigenvalue weighted by Crippen LogP contribution is -2.12. The van der Waals surface area contributed by atoms with Crippen molar-refractivity contribution in [2.45, 2.75) is 18.7 Å². The number of rotatable bonds is 7. The maximum atomic E-state index is 11.8. The standard InChI is InChI=1S/C15H17ClN2O2S/c1-20-7-3-6-14(19)17-12-5-2-4-11(8-12)15-18-13(9-16)10-21-15/h2,4-5,8,10H,3,6-7,9H2,1H3,(H,17,19). The van der Waals surface area contributed by atoms with E-state index in [2.05, 4.69) is 10.3 Å². The number of methoxy groups -OCH3 is 1. The van der Waals surface area contributed by atoms with Gasteiger partial charge in [0.05, 0.1) is 11.6 Å². The summed E-state index contributed by atoms with van der Waals surface area (Å²) in [6.07, 6.45) is 1.17. The summed E-state index contributed by atoms with van der Waals surface area (Å²) in [4.78, 5) is 16.2. The molecule has 1 heterocycles. The zero-order valence-corrected chi connectivity index (χ0v) is 13.3. The topological polar surface area (TPSA) is 51.2 Å². The predicted molar refractivity (Wildman–Crippen MR) is 86.8 cm³/mol. The van der Waals surface area contributed by atoms with Gasteiger partial charge in [0.15, 0.2) is 0 Å². The number of amides is 1. The molecule has 0 saturated heterocycles. The maximum absolute atomic E-state index is 11.8. The van der Waals surface area contributed by atoms with Gasteiger partial charge in [0.1, 0.15) is 5.01 Å². The Balaban J connectivity index is 2.02. The molecule has 112 valence electrons. The lowest BCUT2D eigenvalue weighted by molar-refractivity contribution is -0.116. The lowest BCUT2D eigenvalue weighted by Gasteiger charge is -2.06. The molecule has 0 saturated carbocycles. The molecular weight excluding hydrogens is 308 g/mol. The van der Waals surface area contributed by atoms with Crippen LogP contribution in [-0.2, 0) is 15.4 Å². The van der Waals surface area contributed by atoms with Crippen molar-refractivity contribution in [2.75, 3.05) is 19.0 Å². The van der Waals surface area contributed by atoms with E-state index in [1.165, 1.54) is 0 Å². The third kappa shape index (κ3) is 4.81. The molecule has 0 aliphatic heterocycles. The van der Waals surface area contributed by atoms with Crippen LogP contribution in [0.15, 0.2) is 29.6 Å². The van der Waals surface area contributed by atoms with Gasteiger partial charge in [-0.25, -0.2) is 4.98 Å². The molecule has 0 aliphatic rings. The Labute approximate surface area is 133 Å². The minimum Gasteiger partial charge on any atom is -0.385 e. The predicted octanol–water partition coefficient (Wildman–Crippen LogP) is 3.91. The molecule has 2 aromatic rings. The SMILES string of the molecule is COCCCC(=O)Nc1cccc(-c2nc(CCl)cs2)c1. The van der Waals surface area contributed by atoms with Crippen LogP contribution in [0.4, 0.5) is 5.69 Å². The molecule has 1 N–H and O–H groups in total. The van der Waals surface area contributed by atoms with Gasteiger partial charge in [-0.05, 0) is 18.6 Å². The normalized spacial score (nSPS) is 10.6. The first kappa shape index (κ1) is 15.9. The van der Waals surface area contributed by atoms with E-state index in [-0.39, 0.29) is 5.91 Å². The van der Waals surface area contributed by atoms with Crippen LogP contribution in [0.1, 0.15) is 18.5 Å². The van der Waals surface area contributed by atoms with Crippen LogP contribution in [0.25, 0.3) is 10.6 Å². The van der Waals surface area contributed by atoms with Gasteiger partial charge < -0.3 is 10.1 Å². The number of hydrogen-bond acceptors (Lipinski definition) is 4. The summed E-state index contributed by atoms with van der Waals surface area (Å²) in [5, 5.41) is 5.73. The Hall–Kier alpha value is -1.43. The highest BCUT2D eigenvalue weighted by Crippen LogP contribution is 2.26. The monoisotopic (exact) mass is 324 g/mol. The molecule has 0 atom stereocenters. The van der Waals surface area contributed by atoms with Gasteiger partial charge in [0.2, 0.25) is 5.91 Å². The summed E-state index contributed by atoms with van der Waals surface area (Å²) in [6, 6.07) is 7.66. The Morgan fingerprint density at radius 3 is 3.05 bits per heavy atom. The quantitative estimate of drug-likeness (QED) is 0.620.